The van der Waals surface area contributed by atoms with Crippen LogP contribution in [0.5, 0.6) is 5.75 Å². The van der Waals surface area contributed by atoms with E-state index in [1.54, 1.807) is 30.3 Å². The molecule has 0 amide bonds. The van der Waals surface area contributed by atoms with E-state index in [4.69, 9.17) is 4.74 Å². The van der Waals surface area contributed by atoms with Crippen LogP contribution in [0.1, 0.15) is 0 Å². The van der Waals surface area contributed by atoms with E-state index in [0.29, 0.717) is 5.75 Å². The molecule has 0 aliphatic carbocycles. The van der Waals surface area contributed by atoms with Crippen molar-refractivity contribution in [2.24, 2.45) is 0 Å². The van der Waals surface area contributed by atoms with Crippen LogP contribution >= 0.6 is 0 Å². The molecule has 2 aromatic rings. The number of alkyl halides is 1. The number of sulfone groups is 1. The summed E-state index contributed by atoms with van der Waals surface area (Å²) in [4.78, 5) is 0.429. The summed E-state index contributed by atoms with van der Waals surface area (Å²) in [5.74, 6) is 0.449. The van der Waals surface area contributed by atoms with Crippen LogP contribution in [0, 0.1) is 0 Å². The van der Waals surface area contributed by atoms with Gasteiger partial charge in [-0.15, -0.1) is 0 Å². The summed E-state index contributed by atoms with van der Waals surface area (Å²) >= 11 is 0. The van der Waals surface area contributed by atoms with Crippen molar-refractivity contribution in [1.29, 1.82) is 0 Å². The Bertz CT molecular complexity index is 622. The first-order chi connectivity index (χ1) is 9.14. The topological polar surface area (TPSA) is 43.4 Å². The molecule has 0 bridgehead atoms. The lowest BCUT2D eigenvalue weighted by Gasteiger charge is -2.06. The van der Waals surface area contributed by atoms with Gasteiger partial charge in [-0.25, -0.2) is 12.8 Å². The van der Waals surface area contributed by atoms with Gasteiger partial charge in [-0.05, 0) is 36.4 Å². The SMILES string of the molecule is O=S(=O)(c1ccccc1)c1ccc(OCCF)cc1. The first-order valence-corrected chi connectivity index (χ1v) is 7.22. The third kappa shape index (κ3) is 3.12. The Morgan fingerprint density at radius 2 is 1.47 bits per heavy atom. The van der Waals surface area contributed by atoms with Gasteiger partial charge in [0.1, 0.15) is 19.0 Å². The highest BCUT2D eigenvalue weighted by atomic mass is 32.2. The van der Waals surface area contributed by atoms with Gasteiger partial charge < -0.3 is 4.74 Å². The van der Waals surface area contributed by atoms with Crippen LogP contribution in [0.2, 0.25) is 0 Å². The summed E-state index contributed by atoms with van der Waals surface area (Å²) in [6.07, 6.45) is 0. The van der Waals surface area contributed by atoms with Gasteiger partial charge in [0, 0.05) is 0 Å². The molecule has 3 nitrogen and oxygen atoms in total. The van der Waals surface area contributed by atoms with E-state index in [9.17, 15) is 12.8 Å². The molecular formula is C14H13FO3S. The van der Waals surface area contributed by atoms with Crippen molar-refractivity contribution in [3.05, 3.63) is 54.6 Å². The predicted molar refractivity (Wildman–Crippen MR) is 69.8 cm³/mol. The monoisotopic (exact) mass is 280 g/mol. The van der Waals surface area contributed by atoms with Crippen LogP contribution in [-0.4, -0.2) is 21.7 Å². The van der Waals surface area contributed by atoms with E-state index in [1.807, 2.05) is 0 Å². The van der Waals surface area contributed by atoms with E-state index in [2.05, 4.69) is 0 Å². The molecule has 0 saturated carbocycles. The summed E-state index contributed by atoms with van der Waals surface area (Å²) in [6.45, 7) is -0.616. The fraction of sp³-hybridized carbons (Fsp3) is 0.143. The Morgan fingerprint density at radius 1 is 0.895 bits per heavy atom. The number of ether oxygens (including phenoxy) is 1. The molecule has 0 aliphatic rings. The molecule has 0 atom stereocenters. The van der Waals surface area contributed by atoms with Crippen LogP contribution in [0.15, 0.2) is 64.4 Å². The van der Waals surface area contributed by atoms with Crippen LogP contribution < -0.4 is 4.74 Å². The second-order valence-electron chi connectivity index (χ2n) is 3.83. The quantitative estimate of drug-likeness (QED) is 0.846. The normalized spacial score (nSPS) is 11.2. The minimum absolute atomic E-state index is 0.0369. The second kappa shape index (κ2) is 5.84. The summed E-state index contributed by atoms with van der Waals surface area (Å²) in [5.41, 5.74) is 0. The third-order valence-electron chi connectivity index (χ3n) is 2.53. The minimum atomic E-state index is -3.51. The number of benzene rings is 2. The fourth-order valence-corrected chi connectivity index (χ4v) is 2.89. The molecule has 0 aliphatic heterocycles. The van der Waals surface area contributed by atoms with Gasteiger partial charge >= 0.3 is 0 Å². The van der Waals surface area contributed by atoms with Gasteiger partial charge in [0.15, 0.2) is 0 Å². The second-order valence-corrected chi connectivity index (χ2v) is 5.78. The van der Waals surface area contributed by atoms with Crippen LogP contribution in [0.4, 0.5) is 4.39 Å². The third-order valence-corrected chi connectivity index (χ3v) is 4.32. The Hall–Kier alpha value is -1.88. The van der Waals surface area contributed by atoms with Gasteiger partial charge in [0.25, 0.3) is 0 Å². The standard InChI is InChI=1S/C14H13FO3S/c15-10-11-18-12-6-8-14(9-7-12)19(16,17)13-4-2-1-3-5-13/h1-9H,10-11H2. The number of hydrogen-bond donors (Lipinski definition) is 0. The Balaban J connectivity index is 2.27. The molecule has 100 valence electrons. The maximum absolute atomic E-state index is 12.3. The molecular weight excluding hydrogens is 267 g/mol. The number of rotatable bonds is 5. The summed E-state index contributed by atoms with van der Waals surface area (Å²) in [6, 6.07) is 14.1. The largest absolute Gasteiger partial charge is 0.491 e. The average molecular weight is 280 g/mol. The van der Waals surface area contributed by atoms with Crippen LogP contribution in [-0.2, 0) is 9.84 Å². The molecule has 0 spiro atoms. The van der Waals surface area contributed by atoms with Crippen molar-refractivity contribution in [2.45, 2.75) is 9.79 Å². The lowest BCUT2D eigenvalue weighted by Crippen LogP contribution is -2.02. The number of hydrogen-bond acceptors (Lipinski definition) is 3. The molecule has 0 N–H and O–H groups in total. The van der Waals surface area contributed by atoms with Crippen molar-refractivity contribution < 1.29 is 17.5 Å². The Kier molecular flexibility index (Phi) is 4.16. The smallest absolute Gasteiger partial charge is 0.206 e. The van der Waals surface area contributed by atoms with Crippen molar-refractivity contribution in [1.82, 2.24) is 0 Å². The summed E-state index contributed by atoms with van der Waals surface area (Å²) in [7, 11) is -3.51. The first-order valence-electron chi connectivity index (χ1n) is 5.73. The summed E-state index contributed by atoms with van der Waals surface area (Å²) in [5, 5.41) is 0. The van der Waals surface area contributed by atoms with E-state index >= 15 is 0 Å². The Morgan fingerprint density at radius 3 is 2.05 bits per heavy atom. The molecule has 19 heavy (non-hydrogen) atoms. The molecule has 0 aromatic heterocycles. The van der Waals surface area contributed by atoms with Crippen molar-refractivity contribution in [2.75, 3.05) is 13.3 Å². The molecule has 0 unspecified atom stereocenters. The zero-order valence-corrected chi connectivity index (χ0v) is 10.9. The van der Waals surface area contributed by atoms with Crippen molar-refractivity contribution in [3.8, 4) is 5.75 Å². The first kappa shape index (κ1) is 13.5. The van der Waals surface area contributed by atoms with Crippen molar-refractivity contribution in [3.63, 3.8) is 0 Å². The van der Waals surface area contributed by atoms with E-state index in [-0.39, 0.29) is 16.4 Å². The molecule has 0 radical (unpaired) electrons. The highest BCUT2D eigenvalue weighted by Crippen LogP contribution is 2.22. The molecule has 2 rings (SSSR count). The van der Waals surface area contributed by atoms with Gasteiger partial charge in [-0.3, -0.25) is 0 Å². The number of halogens is 1. The van der Waals surface area contributed by atoms with Crippen LogP contribution in [0.3, 0.4) is 0 Å². The molecule has 2 aromatic carbocycles. The molecule has 0 saturated heterocycles. The lowest BCUT2D eigenvalue weighted by atomic mass is 10.3. The van der Waals surface area contributed by atoms with E-state index < -0.39 is 16.5 Å². The van der Waals surface area contributed by atoms with Gasteiger partial charge in [-0.2, -0.15) is 0 Å². The fourth-order valence-electron chi connectivity index (χ4n) is 1.61. The predicted octanol–water partition coefficient (Wildman–Crippen LogP) is 2.87. The minimum Gasteiger partial charge on any atom is -0.491 e. The summed E-state index contributed by atoms with van der Waals surface area (Å²) < 4.78 is 41.5. The zero-order chi connectivity index (χ0) is 13.7. The lowest BCUT2D eigenvalue weighted by molar-refractivity contribution is 0.273. The van der Waals surface area contributed by atoms with Crippen molar-refractivity contribution >= 4 is 9.84 Å². The van der Waals surface area contributed by atoms with Gasteiger partial charge in [0.05, 0.1) is 9.79 Å². The molecule has 0 heterocycles. The zero-order valence-electron chi connectivity index (χ0n) is 10.1. The Labute approximate surface area is 111 Å². The van der Waals surface area contributed by atoms with Gasteiger partial charge in [-0.1, -0.05) is 18.2 Å². The molecule has 5 heteroatoms. The van der Waals surface area contributed by atoms with Gasteiger partial charge in [0.2, 0.25) is 9.84 Å². The maximum Gasteiger partial charge on any atom is 0.206 e. The highest BCUT2D eigenvalue weighted by molar-refractivity contribution is 7.91. The maximum atomic E-state index is 12.3. The highest BCUT2D eigenvalue weighted by Gasteiger charge is 2.16. The molecule has 0 fully saturated rings. The van der Waals surface area contributed by atoms with Crippen LogP contribution in [0.25, 0.3) is 0 Å². The van der Waals surface area contributed by atoms with E-state index in [1.165, 1.54) is 24.3 Å². The van der Waals surface area contributed by atoms with E-state index in [0.717, 1.165) is 0 Å². The average Bonchev–Trinajstić information content (AvgIpc) is 2.46.